The second-order valence-corrected chi connectivity index (χ2v) is 11.0. The third kappa shape index (κ3) is 6.37. The van der Waals surface area contributed by atoms with Gasteiger partial charge in [-0.15, -0.1) is 10.2 Å². The predicted molar refractivity (Wildman–Crippen MR) is 173 cm³/mol. The van der Waals surface area contributed by atoms with Gasteiger partial charge >= 0.3 is 0 Å². The van der Waals surface area contributed by atoms with E-state index in [-0.39, 0.29) is 55.0 Å². The number of carbonyl (C=O) groups excluding carboxylic acids is 2. The molecular weight excluding hydrogens is 615 g/mol. The summed E-state index contributed by atoms with van der Waals surface area (Å²) in [4.78, 5) is 31.8. The maximum atomic E-state index is 13.7. The van der Waals surface area contributed by atoms with Crippen LogP contribution in [-0.4, -0.2) is 48.5 Å². The van der Waals surface area contributed by atoms with Crippen molar-refractivity contribution in [3.63, 3.8) is 0 Å². The lowest BCUT2D eigenvalue weighted by atomic mass is 9.82. The zero-order valence-corrected chi connectivity index (χ0v) is 26.0. The number of hydrogen-bond donors (Lipinski definition) is 3. The highest BCUT2D eigenvalue weighted by molar-refractivity contribution is 6.43. The number of aromatic nitrogens is 1. The molecule has 0 unspecified atom stereocenters. The summed E-state index contributed by atoms with van der Waals surface area (Å²) in [5, 5.41) is 35.8. The molecule has 228 valence electrons. The minimum atomic E-state index is -0.666. The van der Waals surface area contributed by atoms with E-state index in [0.29, 0.717) is 49.7 Å². The number of ketones is 2. The van der Waals surface area contributed by atoms with E-state index in [1.54, 1.807) is 14.0 Å². The van der Waals surface area contributed by atoms with Crippen LogP contribution in [0.25, 0.3) is 0 Å². The van der Waals surface area contributed by atoms with Crippen LogP contribution in [0, 0.1) is 18.3 Å². The van der Waals surface area contributed by atoms with Crippen LogP contribution >= 0.6 is 23.2 Å². The number of halogens is 2. The molecule has 5 rings (SSSR count). The average Bonchev–Trinajstić information content (AvgIpc) is 3.02. The fourth-order valence-electron chi connectivity index (χ4n) is 5.08. The van der Waals surface area contributed by atoms with Crippen molar-refractivity contribution in [2.24, 2.45) is 10.2 Å². The zero-order chi connectivity index (χ0) is 32.1. The molecule has 1 aromatic heterocycles. The molecule has 0 saturated carbocycles. The second kappa shape index (κ2) is 13.9. The van der Waals surface area contributed by atoms with E-state index < -0.39 is 11.6 Å². The van der Waals surface area contributed by atoms with Crippen LogP contribution in [0.2, 0.25) is 10.0 Å². The first-order valence-corrected chi connectivity index (χ1v) is 14.8. The summed E-state index contributed by atoms with van der Waals surface area (Å²) in [5.41, 5.74) is 1.62. The van der Waals surface area contributed by atoms with Gasteiger partial charge in [0.2, 0.25) is 5.78 Å². The fraction of sp³-hybridized carbons (Fsp3) is 0.212. The van der Waals surface area contributed by atoms with Crippen molar-refractivity contribution in [2.75, 3.05) is 37.4 Å². The molecule has 0 spiro atoms. The Hall–Kier alpha value is -4.82. The zero-order valence-electron chi connectivity index (χ0n) is 24.4. The van der Waals surface area contributed by atoms with Crippen LogP contribution in [0.5, 0.6) is 5.75 Å². The van der Waals surface area contributed by atoms with Crippen LogP contribution in [0.1, 0.15) is 55.0 Å². The number of ether oxygens (including phenoxy) is 1. The van der Waals surface area contributed by atoms with Gasteiger partial charge in [0.15, 0.2) is 11.6 Å². The number of rotatable bonds is 11. The van der Waals surface area contributed by atoms with Gasteiger partial charge in [-0.2, -0.15) is 5.26 Å². The molecule has 10 nitrogen and oxygen atoms in total. The highest BCUT2D eigenvalue weighted by Gasteiger charge is 2.37. The van der Waals surface area contributed by atoms with Crippen LogP contribution in [0.3, 0.4) is 0 Å². The second-order valence-electron chi connectivity index (χ2n) is 10.2. The van der Waals surface area contributed by atoms with Crippen molar-refractivity contribution in [3.8, 4) is 11.8 Å². The minimum absolute atomic E-state index is 0.0244. The molecule has 3 N–H and O–H groups in total. The molecule has 0 radical (unpaired) electrons. The third-order valence-corrected chi connectivity index (χ3v) is 7.90. The van der Waals surface area contributed by atoms with Gasteiger partial charge in [-0.1, -0.05) is 65.7 Å². The largest absolute Gasteiger partial charge is 0.507 e. The Morgan fingerprint density at radius 3 is 2.38 bits per heavy atom. The van der Waals surface area contributed by atoms with Gasteiger partial charge < -0.3 is 20.5 Å². The SMILES string of the molecule is COCCCNc1nc(NCCc2ccccc2)c(N=Nc2c(Cl)cc(Cl)c3c2C(=O)c2c(O)cccc2C3=O)c(C)c1C#N. The number of phenols is 1. The first kappa shape index (κ1) is 31.6. The Bertz CT molecular complexity index is 1870. The summed E-state index contributed by atoms with van der Waals surface area (Å²) in [5.74, 6) is -0.842. The molecule has 1 heterocycles. The van der Waals surface area contributed by atoms with Crippen LogP contribution in [0.15, 0.2) is 64.8 Å². The predicted octanol–water partition coefficient (Wildman–Crippen LogP) is 7.57. The molecule has 0 bridgehead atoms. The molecule has 4 aromatic rings. The normalized spacial score (nSPS) is 12.2. The number of pyridine rings is 1. The Balaban J connectivity index is 1.59. The molecule has 1 aliphatic rings. The van der Waals surface area contributed by atoms with Gasteiger partial charge in [0.25, 0.3) is 0 Å². The number of azo groups is 1. The monoisotopic (exact) mass is 642 g/mol. The number of hydrogen-bond acceptors (Lipinski definition) is 10. The number of anilines is 2. The molecule has 0 atom stereocenters. The molecule has 3 aromatic carbocycles. The van der Waals surface area contributed by atoms with Gasteiger partial charge in [-0.05, 0) is 37.5 Å². The lowest BCUT2D eigenvalue weighted by Crippen LogP contribution is -2.21. The Kier molecular flexibility index (Phi) is 9.74. The van der Waals surface area contributed by atoms with Crippen LogP contribution < -0.4 is 10.6 Å². The Morgan fingerprint density at radius 2 is 1.64 bits per heavy atom. The molecular formula is C33H28Cl2N6O4. The molecule has 0 saturated heterocycles. The van der Waals surface area contributed by atoms with Crippen molar-refractivity contribution in [2.45, 2.75) is 19.8 Å². The van der Waals surface area contributed by atoms with E-state index in [4.69, 9.17) is 32.9 Å². The highest BCUT2D eigenvalue weighted by atomic mass is 35.5. The number of benzene rings is 3. The average molecular weight is 644 g/mol. The van der Waals surface area contributed by atoms with Crippen molar-refractivity contribution in [3.05, 3.63) is 104 Å². The fourth-order valence-corrected chi connectivity index (χ4v) is 5.66. The third-order valence-electron chi connectivity index (χ3n) is 7.32. The van der Waals surface area contributed by atoms with Gasteiger partial charge in [0.05, 0.1) is 32.3 Å². The summed E-state index contributed by atoms with van der Waals surface area (Å²) in [7, 11) is 1.62. The number of phenolic OH excluding ortho intramolecular Hbond substituents is 1. The van der Waals surface area contributed by atoms with Gasteiger partial charge in [0, 0.05) is 37.9 Å². The summed E-state index contributed by atoms with van der Waals surface area (Å²) in [6, 6.07) is 17.7. The van der Waals surface area contributed by atoms with Gasteiger partial charge in [-0.25, -0.2) is 4.98 Å². The van der Waals surface area contributed by atoms with E-state index in [9.17, 15) is 20.0 Å². The molecule has 1 aliphatic carbocycles. The number of nitriles is 1. The first-order valence-electron chi connectivity index (χ1n) is 14.1. The summed E-state index contributed by atoms with van der Waals surface area (Å²) < 4.78 is 5.13. The molecule has 0 aliphatic heterocycles. The molecule has 12 heteroatoms. The smallest absolute Gasteiger partial charge is 0.200 e. The summed E-state index contributed by atoms with van der Waals surface area (Å²) in [6.07, 6.45) is 1.39. The topological polar surface area (TPSA) is 149 Å². The maximum absolute atomic E-state index is 13.7. The Morgan fingerprint density at radius 1 is 0.911 bits per heavy atom. The van der Waals surface area contributed by atoms with E-state index in [2.05, 4.69) is 26.9 Å². The molecule has 0 amide bonds. The lowest BCUT2D eigenvalue weighted by molar-refractivity contribution is 0.0977. The van der Waals surface area contributed by atoms with E-state index in [1.165, 1.54) is 24.3 Å². The van der Waals surface area contributed by atoms with E-state index in [1.807, 2.05) is 30.3 Å². The van der Waals surface area contributed by atoms with Gasteiger partial charge in [0.1, 0.15) is 29.0 Å². The van der Waals surface area contributed by atoms with Crippen molar-refractivity contribution in [1.82, 2.24) is 4.98 Å². The Labute approximate surface area is 269 Å². The first-order chi connectivity index (χ1) is 21.8. The number of aromatic hydroxyl groups is 1. The van der Waals surface area contributed by atoms with E-state index >= 15 is 0 Å². The van der Waals surface area contributed by atoms with Crippen molar-refractivity contribution >= 4 is 57.8 Å². The maximum Gasteiger partial charge on any atom is 0.200 e. The number of nitrogens with zero attached hydrogens (tertiary/aromatic N) is 4. The van der Waals surface area contributed by atoms with E-state index in [0.717, 1.165) is 5.56 Å². The quantitative estimate of drug-likeness (QED) is 0.0986. The lowest BCUT2D eigenvalue weighted by Gasteiger charge is -2.21. The van der Waals surface area contributed by atoms with Crippen molar-refractivity contribution in [1.29, 1.82) is 5.26 Å². The number of fused-ring (bicyclic) bond motifs is 2. The van der Waals surface area contributed by atoms with Gasteiger partial charge in [-0.3, -0.25) is 9.59 Å². The number of carbonyl (C=O) groups is 2. The minimum Gasteiger partial charge on any atom is -0.507 e. The van der Waals surface area contributed by atoms with Crippen LogP contribution in [-0.2, 0) is 11.2 Å². The summed E-state index contributed by atoms with van der Waals surface area (Å²) >= 11 is 13.0. The summed E-state index contributed by atoms with van der Waals surface area (Å²) in [6.45, 7) is 3.28. The standard InChI is InChI=1S/C33H28Cl2N6O4/c1-18-21(17-36)32(37-13-7-15-45-2)39-33(38-14-12-19-8-4-3-5-9-19)28(18)40-41-29-23(35)16-22(34)26-27(29)31(44)25-20(30(26)43)10-6-11-24(25)42/h3-6,8-11,16,42H,7,12-15H2,1-2H3,(H2,37,38,39). The molecule has 45 heavy (non-hydrogen) atoms. The highest BCUT2D eigenvalue weighted by Crippen LogP contribution is 2.44. The van der Waals surface area contributed by atoms with Crippen molar-refractivity contribution < 1.29 is 19.4 Å². The molecule has 0 fully saturated rings. The number of nitrogens with one attached hydrogen (secondary N) is 2. The van der Waals surface area contributed by atoms with Crippen LogP contribution in [0.4, 0.5) is 23.0 Å². The number of methoxy groups -OCH3 is 1.